The van der Waals surface area contributed by atoms with Crippen molar-refractivity contribution in [2.45, 2.75) is 13.3 Å². The number of hydrogen-bond acceptors (Lipinski definition) is 4. The first kappa shape index (κ1) is 12.7. The van der Waals surface area contributed by atoms with Crippen molar-refractivity contribution in [3.05, 3.63) is 47.1 Å². The van der Waals surface area contributed by atoms with E-state index in [0.29, 0.717) is 16.6 Å². The molecule has 1 N–H and O–H groups in total. The second kappa shape index (κ2) is 5.02. The van der Waals surface area contributed by atoms with Crippen LogP contribution in [0.3, 0.4) is 0 Å². The standard InChI is InChI=1S/C15H12N2O2S/c1-2-9-3-4-12-10(5-9)11(15(18)19)6-13(17-12)14-7-16-8-20-14/h3-8H,2H2,1H3,(H,18,19). The third kappa shape index (κ3) is 2.16. The summed E-state index contributed by atoms with van der Waals surface area (Å²) in [5.74, 6) is -0.934. The fraction of sp³-hybridized carbons (Fsp3) is 0.133. The van der Waals surface area contributed by atoms with Crippen molar-refractivity contribution >= 4 is 28.2 Å². The Kier molecular flexibility index (Phi) is 3.20. The third-order valence-corrected chi connectivity index (χ3v) is 3.99. The molecule has 0 fully saturated rings. The van der Waals surface area contributed by atoms with E-state index >= 15 is 0 Å². The molecule has 0 atom stereocenters. The van der Waals surface area contributed by atoms with Gasteiger partial charge in [0.25, 0.3) is 0 Å². The monoisotopic (exact) mass is 284 g/mol. The zero-order valence-electron chi connectivity index (χ0n) is 10.8. The fourth-order valence-corrected chi connectivity index (χ4v) is 2.72. The van der Waals surface area contributed by atoms with E-state index in [-0.39, 0.29) is 5.56 Å². The zero-order chi connectivity index (χ0) is 14.1. The van der Waals surface area contributed by atoms with Gasteiger partial charge < -0.3 is 5.11 Å². The summed E-state index contributed by atoms with van der Waals surface area (Å²) in [6.07, 6.45) is 2.57. The number of fused-ring (bicyclic) bond motifs is 1. The molecule has 3 aromatic rings. The van der Waals surface area contributed by atoms with Gasteiger partial charge in [-0.25, -0.2) is 9.78 Å². The summed E-state index contributed by atoms with van der Waals surface area (Å²) in [5.41, 5.74) is 4.45. The minimum atomic E-state index is -0.934. The van der Waals surface area contributed by atoms with Crippen LogP contribution in [0.25, 0.3) is 21.5 Å². The normalized spacial score (nSPS) is 10.8. The van der Waals surface area contributed by atoms with Gasteiger partial charge in [-0.2, -0.15) is 0 Å². The van der Waals surface area contributed by atoms with E-state index < -0.39 is 5.97 Å². The van der Waals surface area contributed by atoms with E-state index in [4.69, 9.17) is 0 Å². The predicted molar refractivity (Wildman–Crippen MR) is 79.2 cm³/mol. The molecule has 0 saturated heterocycles. The average molecular weight is 284 g/mol. The van der Waals surface area contributed by atoms with Crippen LogP contribution in [0.15, 0.2) is 36.0 Å². The Morgan fingerprint density at radius 3 is 2.85 bits per heavy atom. The van der Waals surface area contributed by atoms with Gasteiger partial charge in [0, 0.05) is 11.6 Å². The Bertz CT molecular complexity index is 782. The quantitative estimate of drug-likeness (QED) is 0.798. The average Bonchev–Trinajstić information content (AvgIpc) is 2.99. The lowest BCUT2D eigenvalue weighted by atomic mass is 10.0. The summed E-state index contributed by atoms with van der Waals surface area (Å²) in [6, 6.07) is 7.39. The van der Waals surface area contributed by atoms with Crippen LogP contribution in [-0.2, 0) is 6.42 Å². The van der Waals surface area contributed by atoms with Gasteiger partial charge in [-0.05, 0) is 30.2 Å². The Balaban J connectivity index is 2.30. The van der Waals surface area contributed by atoms with Crippen LogP contribution in [0.4, 0.5) is 0 Å². The largest absolute Gasteiger partial charge is 0.478 e. The number of nitrogens with zero attached hydrogens (tertiary/aromatic N) is 2. The molecule has 0 unspecified atom stereocenters. The molecule has 100 valence electrons. The van der Waals surface area contributed by atoms with Gasteiger partial charge in [-0.15, -0.1) is 11.3 Å². The second-order valence-electron chi connectivity index (χ2n) is 4.43. The van der Waals surface area contributed by atoms with Crippen LogP contribution >= 0.6 is 11.3 Å². The summed E-state index contributed by atoms with van der Waals surface area (Å²) in [5, 5.41) is 10.1. The van der Waals surface area contributed by atoms with Gasteiger partial charge in [-0.1, -0.05) is 13.0 Å². The lowest BCUT2D eigenvalue weighted by Gasteiger charge is -2.07. The number of carboxylic acids is 1. The number of carboxylic acid groups (broad SMARTS) is 1. The lowest BCUT2D eigenvalue weighted by molar-refractivity contribution is 0.0699. The number of carbonyl (C=O) groups is 1. The number of hydrogen-bond donors (Lipinski definition) is 1. The summed E-state index contributed by atoms with van der Waals surface area (Å²) >= 11 is 1.45. The van der Waals surface area contributed by atoms with E-state index in [9.17, 15) is 9.90 Å². The van der Waals surface area contributed by atoms with Crippen molar-refractivity contribution in [3.63, 3.8) is 0 Å². The maximum Gasteiger partial charge on any atom is 0.336 e. The van der Waals surface area contributed by atoms with Gasteiger partial charge in [-0.3, -0.25) is 4.98 Å². The molecule has 5 heteroatoms. The van der Waals surface area contributed by atoms with Gasteiger partial charge in [0.05, 0.1) is 27.2 Å². The molecular weight excluding hydrogens is 272 g/mol. The molecule has 0 radical (unpaired) electrons. The van der Waals surface area contributed by atoms with Crippen LogP contribution in [-0.4, -0.2) is 21.0 Å². The first-order chi connectivity index (χ1) is 9.69. The molecule has 0 spiro atoms. The number of benzene rings is 1. The molecule has 4 nitrogen and oxygen atoms in total. The van der Waals surface area contributed by atoms with Gasteiger partial charge in [0.15, 0.2) is 0 Å². The van der Waals surface area contributed by atoms with Crippen molar-refractivity contribution < 1.29 is 9.90 Å². The fourth-order valence-electron chi connectivity index (χ4n) is 2.14. The van der Waals surface area contributed by atoms with Crippen LogP contribution < -0.4 is 0 Å². The van der Waals surface area contributed by atoms with Gasteiger partial charge >= 0.3 is 5.97 Å². The highest BCUT2D eigenvalue weighted by molar-refractivity contribution is 7.13. The van der Waals surface area contributed by atoms with Crippen LogP contribution in [0.5, 0.6) is 0 Å². The summed E-state index contributed by atoms with van der Waals surface area (Å²) in [6.45, 7) is 2.04. The summed E-state index contributed by atoms with van der Waals surface area (Å²) in [4.78, 5) is 20.9. The van der Waals surface area contributed by atoms with Crippen LogP contribution in [0.1, 0.15) is 22.8 Å². The highest BCUT2D eigenvalue weighted by atomic mass is 32.1. The van der Waals surface area contributed by atoms with Crippen molar-refractivity contribution in [3.8, 4) is 10.6 Å². The molecule has 2 heterocycles. The first-order valence-electron chi connectivity index (χ1n) is 6.25. The maximum absolute atomic E-state index is 11.5. The van der Waals surface area contributed by atoms with E-state index in [2.05, 4.69) is 9.97 Å². The molecule has 0 amide bonds. The Labute approximate surface area is 119 Å². The van der Waals surface area contributed by atoms with E-state index in [1.165, 1.54) is 11.3 Å². The van der Waals surface area contributed by atoms with Crippen LogP contribution in [0.2, 0.25) is 0 Å². The molecule has 2 aromatic heterocycles. The van der Waals surface area contributed by atoms with E-state index in [1.54, 1.807) is 17.8 Å². The molecule has 20 heavy (non-hydrogen) atoms. The minimum Gasteiger partial charge on any atom is -0.478 e. The number of aromatic nitrogens is 2. The topological polar surface area (TPSA) is 63.1 Å². The SMILES string of the molecule is CCc1ccc2nc(-c3cncs3)cc(C(=O)O)c2c1. The van der Waals surface area contributed by atoms with E-state index in [0.717, 1.165) is 16.9 Å². The third-order valence-electron chi connectivity index (χ3n) is 3.20. The molecule has 1 aromatic carbocycles. The molecule has 0 aliphatic rings. The number of pyridine rings is 1. The van der Waals surface area contributed by atoms with Gasteiger partial charge in [0.1, 0.15) is 0 Å². The number of aromatic carboxylic acids is 1. The maximum atomic E-state index is 11.5. The Hall–Kier alpha value is -2.27. The highest BCUT2D eigenvalue weighted by Gasteiger charge is 2.14. The molecule has 3 rings (SSSR count). The minimum absolute atomic E-state index is 0.286. The number of rotatable bonds is 3. The van der Waals surface area contributed by atoms with Crippen LogP contribution in [0, 0.1) is 0 Å². The number of aryl methyl sites for hydroxylation is 1. The molecule has 0 aliphatic carbocycles. The predicted octanol–water partition coefficient (Wildman–Crippen LogP) is 3.62. The van der Waals surface area contributed by atoms with Crippen molar-refractivity contribution in [1.29, 1.82) is 0 Å². The zero-order valence-corrected chi connectivity index (χ0v) is 11.6. The van der Waals surface area contributed by atoms with E-state index in [1.807, 2.05) is 25.1 Å². The highest BCUT2D eigenvalue weighted by Crippen LogP contribution is 2.27. The van der Waals surface area contributed by atoms with Crippen molar-refractivity contribution in [2.24, 2.45) is 0 Å². The lowest BCUT2D eigenvalue weighted by Crippen LogP contribution is -2.00. The Morgan fingerprint density at radius 2 is 2.20 bits per heavy atom. The van der Waals surface area contributed by atoms with Crippen molar-refractivity contribution in [2.75, 3.05) is 0 Å². The smallest absolute Gasteiger partial charge is 0.336 e. The molecular formula is C15H12N2O2S. The van der Waals surface area contributed by atoms with Crippen molar-refractivity contribution in [1.82, 2.24) is 9.97 Å². The molecule has 0 bridgehead atoms. The summed E-state index contributed by atoms with van der Waals surface area (Å²) < 4.78 is 0. The molecule has 0 aliphatic heterocycles. The second-order valence-corrected chi connectivity index (χ2v) is 5.32. The first-order valence-corrected chi connectivity index (χ1v) is 7.13. The Morgan fingerprint density at radius 1 is 1.35 bits per heavy atom. The summed E-state index contributed by atoms with van der Waals surface area (Å²) in [7, 11) is 0. The van der Waals surface area contributed by atoms with Gasteiger partial charge in [0.2, 0.25) is 0 Å². The molecule has 0 saturated carbocycles. The number of thiazole rings is 1.